The zero-order valence-electron chi connectivity index (χ0n) is 24.1. The fraction of sp³-hybridized carbons (Fsp3) is 0.471. The average molecular weight is 605 g/mol. The first-order chi connectivity index (χ1) is 20.8. The fourth-order valence-electron chi connectivity index (χ4n) is 6.74. The van der Waals surface area contributed by atoms with Crippen LogP contribution in [0.4, 0.5) is 4.39 Å². The molecular formula is C34H37FN2O5S. The minimum absolute atomic E-state index is 0.0588. The Kier molecular flexibility index (Phi) is 8.61. The number of benzene rings is 2. The third kappa shape index (κ3) is 6.51. The Labute approximate surface area is 254 Å². The zero-order chi connectivity index (χ0) is 30.0. The summed E-state index contributed by atoms with van der Waals surface area (Å²) in [7, 11) is 0. The van der Waals surface area contributed by atoms with Gasteiger partial charge in [-0.05, 0) is 68.2 Å². The number of ketones is 1. The van der Waals surface area contributed by atoms with Gasteiger partial charge >= 0.3 is 5.97 Å². The Balaban J connectivity index is 1.26. The molecule has 3 aromatic rings. The number of nitrogens with zero attached hydrogens (tertiary/aromatic N) is 2. The van der Waals surface area contributed by atoms with E-state index in [4.69, 9.17) is 4.74 Å². The van der Waals surface area contributed by atoms with E-state index in [0.29, 0.717) is 28.3 Å². The second-order valence-electron chi connectivity index (χ2n) is 12.3. The molecule has 2 aromatic carbocycles. The SMILES string of the molecule is O=C1C[C@]2(C(=O)O)C[C@@H]2/C=C\CCCCC[C@H](CCc2ccccc2)C(=O)N2C[C@H](Oc3nc4ccc(F)cc4s3)C[C@@H]12. The van der Waals surface area contributed by atoms with Crippen LogP contribution in [0.15, 0.2) is 60.7 Å². The number of carboxylic acids is 1. The predicted molar refractivity (Wildman–Crippen MR) is 162 cm³/mol. The molecule has 9 heteroatoms. The number of halogens is 1. The third-order valence-corrected chi connectivity index (χ3v) is 10.2. The van der Waals surface area contributed by atoms with Gasteiger partial charge in [0.25, 0.3) is 5.19 Å². The number of hydrogen-bond donors (Lipinski definition) is 1. The lowest BCUT2D eigenvalue weighted by molar-refractivity contribution is -0.147. The van der Waals surface area contributed by atoms with Crippen molar-refractivity contribution in [1.82, 2.24) is 9.88 Å². The van der Waals surface area contributed by atoms with E-state index in [1.807, 2.05) is 24.3 Å². The van der Waals surface area contributed by atoms with Crippen LogP contribution in [0.5, 0.6) is 5.19 Å². The van der Waals surface area contributed by atoms with Crippen molar-refractivity contribution in [3.8, 4) is 5.19 Å². The molecule has 3 heterocycles. The molecule has 1 aromatic heterocycles. The van der Waals surface area contributed by atoms with Crippen LogP contribution >= 0.6 is 11.3 Å². The molecule has 1 saturated carbocycles. The number of carbonyl (C=O) groups excluding carboxylic acids is 2. The average Bonchev–Trinajstić information content (AvgIpc) is 3.31. The molecule has 1 aliphatic carbocycles. The number of fused-ring (bicyclic) bond motifs is 3. The smallest absolute Gasteiger partial charge is 0.310 e. The topological polar surface area (TPSA) is 96.8 Å². The summed E-state index contributed by atoms with van der Waals surface area (Å²) in [6.45, 7) is 0.227. The highest BCUT2D eigenvalue weighted by Gasteiger charge is 2.61. The summed E-state index contributed by atoms with van der Waals surface area (Å²) in [5, 5.41) is 10.5. The van der Waals surface area contributed by atoms with E-state index in [1.165, 1.54) is 29.0 Å². The molecule has 0 spiro atoms. The van der Waals surface area contributed by atoms with Gasteiger partial charge in [0.2, 0.25) is 5.91 Å². The van der Waals surface area contributed by atoms with Gasteiger partial charge in [-0.1, -0.05) is 66.7 Å². The number of aliphatic carboxylic acids is 1. The molecule has 226 valence electrons. The Morgan fingerprint density at radius 3 is 2.79 bits per heavy atom. The van der Waals surface area contributed by atoms with E-state index in [0.717, 1.165) is 38.5 Å². The summed E-state index contributed by atoms with van der Waals surface area (Å²) in [5.41, 5.74) is 0.686. The van der Waals surface area contributed by atoms with Crippen molar-refractivity contribution in [2.24, 2.45) is 17.3 Å². The van der Waals surface area contributed by atoms with Gasteiger partial charge in [0, 0.05) is 18.8 Å². The maximum absolute atomic E-state index is 14.2. The van der Waals surface area contributed by atoms with Crippen LogP contribution in [-0.2, 0) is 20.8 Å². The van der Waals surface area contributed by atoms with Crippen LogP contribution < -0.4 is 4.74 Å². The van der Waals surface area contributed by atoms with E-state index in [-0.39, 0.29) is 48.7 Å². The van der Waals surface area contributed by atoms with Gasteiger partial charge in [-0.25, -0.2) is 9.37 Å². The third-order valence-electron chi connectivity index (χ3n) is 9.33. The first kappa shape index (κ1) is 29.5. The summed E-state index contributed by atoms with van der Waals surface area (Å²) in [6, 6.07) is 13.7. The summed E-state index contributed by atoms with van der Waals surface area (Å²) >= 11 is 1.23. The quantitative estimate of drug-likeness (QED) is 0.319. The van der Waals surface area contributed by atoms with E-state index in [1.54, 1.807) is 11.0 Å². The zero-order valence-corrected chi connectivity index (χ0v) is 24.9. The molecule has 2 aliphatic heterocycles. The Morgan fingerprint density at radius 2 is 1.98 bits per heavy atom. The monoisotopic (exact) mass is 604 g/mol. The molecule has 6 rings (SSSR count). The number of allylic oxidation sites excluding steroid dienone is 2. The van der Waals surface area contributed by atoms with Crippen molar-refractivity contribution in [2.75, 3.05) is 6.54 Å². The second kappa shape index (κ2) is 12.6. The lowest BCUT2D eigenvalue weighted by atomic mass is 9.90. The van der Waals surface area contributed by atoms with E-state index in [9.17, 15) is 23.9 Å². The normalized spacial score (nSPS) is 28.9. The number of carboxylic acid groups (broad SMARTS) is 1. The summed E-state index contributed by atoms with van der Waals surface area (Å²) in [6.07, 6.45) is 10.1. The number of amides is 1. The predicted octanol–water partition coefficient (Wildman–Crippen LogP) is 6.60. The number of hydrogen-bond acceptors (Lipinski definition) is 6. The van der Waals surface area contributed by atoms with E-state index < -0.39 is 23.5 Å². The number of aromatic nitrogens is 1. The summed E-state index contributed by atoms with van der Waals surface area (Å²) in [4.78, 5) is 46.7. The number of ether oxygens (including phenoxy) is 1. The van der Waals surface area contributed by atoms with E-state index in [2.05, 4.69) is 23.2 Å². The molecule has 43 heavy (non-hydrogen) atoms. The molecule has 0 bridgehead atoms. The van der Waals surface area contributed by atoms with Crippen molar-refractivity contribution in [3.63, 3.8) is 0 Å². The van der Waals surface area contributed by atoms with Crippen LogP contribution in [0.25, 0.3) is 10.2 Å². The molecule has 0 unspecified atom stereocenters. The molecule has 1 saturated heterocycles. The first-order valence-corrected chi connectivity index (χ1v) is 16.1. The maximum atomic E-state index is 14.2. The lowest BCUT2D eigenvalue weighted by Gasteiger charge is -2.29. The molecule has 2 fully saturated rings. The second-order valence-corrected chi connectivity index (χ2v) is 13.3. The minimum atomic E-state index is -1.11. The van der Waals surface area contributed by atoms with Crippen molar-refractivity contribution in [2.45, 2.75) is 76.4 Å². The highest BCUT2D eigenvalue weighted by Crippen LogP contribution is 2.57. The number of aryl methyl sites for hydroxylation is 1. The molecule has 3 aliphatic rings. The van der Waals surface area contributed by atoms with Gasteiger partial charge in [-0.3, -0.25) is 14.4 Å². The Morgan fingerprint density at radius 1 is 1.14 bits per heavy atom. The molecule has 1 amide bonds. The standard InChI is InChI=1S/C34H37FN2O5S/c35-25-15-16-27-30(17-25)43-33(36-27)42-26-18-28-29(38)20-34(32(40)41)19-24(34)12-8-3-1-2-7-11-23(31(39)37(28)21-26)14-13-22-9-5-4-6-10-22/h4-6,8-10,12,15-17,23-24,26,28H,1-3,7,11,13-14,18-21H2,(H,40,41)/b12-8-/t23-,24+,26-,28+,34-/m1/s1. The number of thiazole rings is 1. The van der Waals surface area contributed by atoms with Crippen LogP contribution in [0, 0.1) is 23.1 Å². The van der Waals surface area contributed by atoms with Gasteiger partial charge in [0.15, 0.2) is 5.78 Å². The van der Waals surface area contributed by atoms with Crippen LogP contribution in [0.1, 0.15) is 63.4 Å². The molecule has 1 N–H and O–H groups in total. The minimum Gasteiger partial charge on any atom is -0.481 e. The van der Waals surface area contributed by atoms with Crippen LogP contribution in [0.3, 0.4) is 0 Å². The van der Waals surface area contributed by atoms with Gasteiger partial charge in [-0.15, -0.1) is 0 Å². The van der Waals surface area contributed by atoms with E-state index >= 15 is 0 Å². The largest absolute Gasteiger partial charge is 0.481 e. The van der Waals surface area contributed by atoms with Gasteiger partial charge in [-0.2, -0.15) is 0 Å². The fourth-order valence-corrected chi connectivity index (χ4v) is 7.65. The van der Waals surface area contributed by atoms with Crippen LogP contribution in [0.2, 0.25) is 0 Å². The molecule has 5 atom stereocenters. The first-order valence-electron chi connectivity index (χ1n) is 15.3. The Hall–Kier alpha value is -3.59. The number of carbonyl (C=O) groups is 3. The molecule has 0 radical (unpaired) electrons. The highest BCUT2D eigenvalue weighted by atomic mass is 32.1. The Bertz CT molecular complexity index is 1520. The lowest BCUT2D eigenvalue weighted by Crippen LogP contribution is -2.45. The van der Waals surface area contributed by atoms with Crippen molar-refractivity contribution >= 4 is 39.2 Å². The highest BCUT2D eigenvalue weighted by molar-refractivity contribution is 7.20. The summed E-state index contributed by atoms with van der Waals surface area (Å²) in [5.74, 6) is -2.00. The van der Waals surface area contributed by atoms with Gasteiger partial charge < -0.3 is 14.7 Å². The number of Topliss-reactive ketones (excluding diaryl/α,β-unsaturated/α-hetero) is 1. The van der Waals surface area contributed by atoms with Crippen molar-refractivity contribution < 1.29 is 28.6 Å². The molecule has 7 nitrogen and oxygen atoms in total. The van der Waals surface area contributed by atoms with Crippen molar-refractivity contribution in [1.29, 1.82) is 0 Å². The van der Waals surface area contributed by atoms with Crippen molar-refractivity contribution in [3.05, 3.63) is 72.1 Å². The van der Waals surface area contributed by atoms with Gasteiger partial charge in [0.1, 0.15) is 11.9 Å². The molecular weight excluding hydrogens is 567 g/mol. The number of rotatable bonds is 6. The maximum Gasteiger partial charge on any atom is 0.310 e. The van der Waals surface area contributed by atoms with Gasteiger partial charge in [0.05, 0.1) is 28.2 Å². The van der Waals surface area contributed by atoms with Crippen LogP contribution in [-0.4, -0.2) is 51.3 Å². The summed E-state index contributed by atoms with van der Waals surface area (Å²) < 4.78 is 20.6.